The van der Waals surface area contributed by atoms with Crippen molar-refractivity contribution in [3.8, 4) is 11.1 Å². The van der Waals surface area contributed by atoms with E-state index in [0.717, 1.165) is 46.6 Å². The highest BCUT2D eigenvalue weighted by molar-refractivity contribution is 5.85. The number of carbonyl (C=O) groups excluding carboxylic acids is 1. The summed E-state index contributed by atoms with van der Waals surface area (Å²) in [5.74, 6) is 1.09. The monoisotopic (exact) mass is 515 g/mol. The normalized spacial score (nSPS) is 25.4. The summed E-state index contributed by atoms with van der Waals surface area (Å²) in [4.78, 5) is 27.4. The summed E-state index contributed by atoms with van der Waals surface area (Å²) >= 11 is 0. The standard InChI is InChI=1S/C29H37N7O2/c1-18-14-23(37)26-24(18)27(31-17-30-26)35-10-12-36(13-11-35)28(38)25(22-8-9-29(2,3)34-22)20-6-4-19(5-7-20)21-15-32-33-16-21/h4-7,15-18,22-23,25,34,37H,8-14H2,1-3H3,(H,32,33)/t18-,22+,23-,25+/m1/s1. The number of rotatable bonds is 5. The number of aliphatic hydroxyl groups is 1. The zero-order chi connectivity index (χ0) is 26.4. The molecule has 0 unspecified atom stereocenters. The van der Waals surface area contributed by atoms with Crippen LogP contribution < -0.4 is 10.2 Å². The highest BCUT2D eigenvalue weighted by Gasteiger charge is 2.41. The van der Waals surface area contributed by atoms with Crippen molar-refractivity contribution in [1.29, 1.82) is 0 Å². The van der Waals surface area contributed by atoms with E-state index in [9.17, 15) is 9.90 Å². The number of hydrogen-bond acceptors (Lipinski definition) is 7. The lowest BCUT2D eigenvalue weighted by Crippen LogP contribution is -2.53. The second-order valence-corrected chi connectivity index (χ2v) is 11.7. The highest BCUT2D eigenvalue weighted by Crippen LogP contribution is 2.43. The molecule has 0 radical (unpaired) electrons. The third kappa shape index (κ3) is 4.58. The summed E-state index contributed by atoms with van der Waals surface area (Å²) in [5, 5.41) is 21.1. The summed E-state index contributed by atoms with van der Waals surface area (Å²) in [6.07, 6.45) is 7.44. The molecule has 9 heteroatoms. The topological polar surface area (TPSA) is 110 Å². The van der Waals surface area contributed by atoms with E-state index in [4.69, 9.17) is 0 Å². The van der Waals surface area contributed by atoms with Gasteiger partial charge in [0.1, 0.15) is 12.1 Å². The molecule has 3 aliphatic rings. The summed E-state index contributed by atoms with van der Waals surface area (Å²) in [6.45, 7) is 9.28. The number of fused-ring (bicyclic) bond motifs is 1. The van der Waals surface area contributed by atoms with Gasteiger partial charge in [0.25, 0.3) is 0 Å². The Labute approximate surface area is 223 Å². The number of anilines is 1. The van der Waals surface area contributed by atoms with Crippen LogP contribution in [0.4, 0.5) is 5.82 Å². The molecule has 6 rings (SSSR count). The Morgan fingerprint density at radius 2 is 1.87 bits per heavy atom. The lowest BCUT2D eigenvalue weighted by atomic mass is 9.88. The number of benzene rings is 1. The molecule has 200 valence electrons. The highest BCUT2D eigenvalue weighted by atomic mass is 16.3. The first kappa shape index (κ1) is 25.0. The second-order valence-electron chi connectivity index (χ2n) is 11.7. The van der Waals surface area contributed by atoms with Crippen LogP contribution in [0.1, 0.15) is 74.8 Å². The van der Waals surface area contributed by atoms with Crippen LogP contribution in [0.3, 0.4) is 0 Å². The van der Waals surface area contributed by atoms with Crippen LogP contribution in [0.5, 0.6) is 0 Å². The number of H-pyrrole nitrogens is 1. The maximum absolute atomic E-state index is 14.1. The van der Waals surface area contributed by atoms with E-state index >= 15 is 0 Å². The Bertz CT molecular complexity index is 1280. The fourth-order valence-electron chi connectivity index (χ4n) is 6.54. The molecule has 4 atom stereocenters. The summed E-state index contributed by atoms with van der Waals surface area (Å²) < 4.78 is 0. The molecule has 0 saturated carbocycles. The van der Waals surface area contributed by atoms with Gasteiger partial charge in [0.2, 0.25) is 5.91 Å². The molecule has 2 aromatic heterocycles. The van der Waals surface area contributed by atoms with Crippen LogP contribution in [-0.4, -0.2) is 73.8 Å². The quantitative estimate of drug-likeness (QED) is 0.478. The molecule has 0 bridgehead atoms. The van der Waals surface area contributed by atoms with Gasteiger partial charge >= 0.3 is 0 Å². The smallest absolute Gasteiger partial charge is 0.231 e. The minimum atomic E-state index is -0.520. The predicted molar refractivity (Wildman–Crippen MR) is 146 cm³/mol. The van der Waals surface area contributed by atoms with Crippen molar-refractivity contribution in [1.82, 2.24) is 30.4 Å². The van der Waals surface area contributed by atoms with Crippen molar-refractivity contribution in [2.75, 3.05) is 31.1 Å². The Balaban J connectivity index is 1.21. The molecule has 4 heterocycles. The molecule has 3 N–H and O–H groups in total. The fraction of sp³-hybridized carbons (Fsp3) is 0.517. The van der Waals surface area contributed by atoms with Gasteiger partial charge in [-0.3, -0.25) is 9.89 Å². The molecule has 38 heavy (non-hydrogen) atoms. The van der Waals surface area contributed by atoms with Gasteiger partial charge in [-0.05, 0) is 50.2 Å². The largest absolute Gasteiger partial charge is 0.387 e. The van der Waals surface area contributed by atoms with Crippen molar-refractivity contribution in [3.63, 3.8) is 0 Å². The third-order valence-corrected chi connectivity index (χ3v) is 8.60. The van der Waals surface area contributed by atoms with Crippen LogP contribution in [0, 0.1) is 0 Å². The Hall–Kier alpha value is -3.30. The van der Waals surface area contributed by atoms with Crippen LogP contribution in [0.25, 0.3) is 11.1 Å². The van der Waals surface area contributed by atoms with Crippen molar-refractivity contribution < 1.29 is 9.90 Å². The van der Waals surface area contributed by atoms with Crippen molar-refractivity contribution in [2.24, 2.45) is 0 Å². The van der Waals surface area contributed by atoms with E-state index in [1.54, 1.807) is 6.33 Å². The van der Waals surface area contributed by atoms with Crippen LogP contribution in [0.2, 0.25) is 0 Å². The number of amides is 1. The predicted octanol–water partition coefficient (Wildman–Crippen LogP) is 3.37. The van der Waals surface area contributed by atoms with E-state index in [1.165, 1.54) is 0 Å². The van der Waals surface area contributed by atoms with Gasteiger partial charge in [0, 0.05) is 55.1 Å². The van der Waals surface area contributed by atoms with Crippen LogP contribution >= 0.6 is 0 Å². The molecule has 2 fully saturated rings. The molecule has 9 nitrogen and oxygen atoms in total. The van der Waals surface area contributed by atoms with E-state index in [0.29, 0.717) is 32.6 Å². The van der Waals surface area contributed by atoms with Gasteiger partial charge in [-0.1, -0.05) is 31.2 Å². The summed E-state index contributed by atoms with van der Waals surface area (Å²) in [7, 11) is 0. The van der Waals surface area contributed by atoms with E-state index < -0.39 is 6.10 Å². The second kappa shape index (κ2) is 9.78. The zero-order valence-electron chi connectivity index (χ0n) is 22.4. The minimum absolute atomic E-state index is 0.0211. The summed E-state index contributed by atoms with van der Waals surface area (Å²) in [5.41, 5.74) is 5.01. The number of piperazine rings is 1. The van der Waals surface area contributed by atoms with Gasteiger partial charge in [-0.2, -0.15) is 5.10 Å². The molecular formula is C29H37N7O2. The molecule has 0 spiro atoms. The van der Waals surface area contributed by atoms with Gasteiger partial charge in [0.15, 0.2) is 0 Å². The molecule has 2 aliphatic heterocycles. The first-order valence-corrected chi connectivity index (χ1v) is 13.7. The van der Waals surface area contributed by atoms with Crippen LogP contribution in [-0.2, 0) is 4.79 Å². The Morgan fingerprint density at radius 1 is 1.11 bits per heavy atom. The number of aliphatic hydroxyl groups excluding tert-OH is 1. The Kier molecular flexibility index (Phi) is 6.44. The van der Waals surface area contributed by atoms with Gasteiger partial charge < -0.3 is 20.2 Å². The van der Waals surface area contributed by atoms with Crippen molar-refractivity contribution >= 4 is 11.7 Å². The average molecular weight is 516 g/mol. The maximum Gasteiger partial charge on any atom is 0.231 e. The van der Waals surface area contributed by atoms with Crippen molar-refractivity contribution in [3.05, 3.63) is 59.8 Å². The third-order valence-electron chi connectivity index (χ3n) is 8.60. The van der Waals surface area contributed by atoms with Gasteiger partial charge in [-0.15, -0.1) is 0 Å². The van der Waals surface area contributed by atoms with Crippen LogP contribution in [0.15, 0.2) is 43.0 Å². The molecule has 1 amide bonds. The minimum Gasteiger partial charge on any atom is -0.387 e. The first-order chi connectivity index (χ1) is 18.3. The number of carbonyl (C=O) groups is 1. The molecular weight excluding hydrogens is 478 g/mol. The molecule has 3 aromatic rings. The Morgan fingerprint density at radius 3 is 2.53 bits per heavy atom. The van der Waals surface area contributed by atoms with Crippen molar-refractivity contribution in [2.45, 2.75) is 69.6 Å². The van der Waals surface area contributed by atoms with Gasteiger partial charge in [0.05, 0.1) is 23.9 Å². The first-order valence-electron chi connectivity index (χ1n) is 13.7. The maximum atomic E-state index is 14.1. The zero-order valence-corrected chi connectivity index (χ0v) is 22.4. The number of hydrogen-bond donors (Lipinski definition) is 3. The molecule has 1 aliphatic carbocycles. The van der Waals surface area contributed by atoms with E-state index in [2.05, 4.69) is 75.4 Å². The molecule has 2 saturated heterocycles. The SMILES string of the molecule is C[C@@H]1C[C@@H](O)c2ncnc(N3CCN(C(=O)[C@@H](c4ccc(-c5cn[nH]c5)cc4)[C@@H]4CCC(C)(C)N4)CC3)c21. The number of aromatic amines is 1. The summed E-state index contributed by atoms with van der Waals surface area (Å²) in [6, 6.07) is 8.48. The van der Waals surface area contributed by atoms with E-state index in [1.807, 2.05) is 17.3 Å². The van der Waals surface area contributed by atoms with E-state index in [-0.39, 0.29) is 29.3 Å². The lowest BCUT2D eigenvalue weighted by Gasteiger charge is -2.39. The average Bonchev–Trinajstić information content (AvgIpc) is 3.65. The van der Waals surface area contributed by atoms with Gasteiger partial charge in [-0.25, -0.2) is 9.97 Å². The fourth-order valence-corrected chi connectivity index (χ4v) is 6.54. The lowest BCUT2D eigenvalue weighted by molar-refractivity contribution is -0.133. The number of nitrogens with zero attached hydrogens (tertiary/aromatic N) is 5. The number of aromatic nitrogens is 4. The molecule has 1 aromatic carbocycles. The number of nitrogens with one attached hydrogen (secondary N) is 2.